The number of amides is 1. The molecule has 0 aliphatic heterocycles. The van der Waals surface area contributed by atoms with Crippen molar-refractivity contribution >= 4 is 17.6 Å². The molecule has 19 heavy (non-hydrogen) atoms. The number of hydrogen-bond acceptors (Lipinski definition) is 3. The third-order valence-corrected chi connectivity index (χ3v) is 2.76. The molecule has 1 N–H and O–H groups in total. The van der Waals surface area contributed by atoms with Gasteiger partial charge in [-0.3, -0.25) is 4.79 Å². The average molecular weight is 265 g/mol. The fraction of sp³-hybridized carbons (Fsp3) is 0.429. The third kappa shape index (κ3) is 4.71. The molecule has 1 rings (SSSR count). The van der Waals surface area contributed by atoms with Gasteiger partial charge < -0.3 is 14.7 Å². The van der Waals surface area contributed by atoms with E-state index in [9.17, 15) is 9.59 Å². The van der Waals surface area contributed by atoms with Crippen LogP contribution < -0.4 is 4.90 Å². The first-order valence-corrected chi connectivity index (χ1v) is 6.24. The predicted octanol–water partition coefficient (Wildman–Crippen LogP) is 2.16. The monoisotopic (exact) mass is 265 g/mol. The molecule has 0 aliphatic carbocycles. The predicted molar refractivity (Wildman–Crippen MR) is 72.5 cm³/mol. The van der Waals surface area contributed by atoms with Crippen molar-refractivity contribution in [2.75, 3.05) is 25.2 Å². The number of nitrogens with zero attached hydrogens (tertiary/aromatic N) is 1. The Morgan fingerprint density at radius 1 is 1.26 bits per heavy atom. The zero-order chi connectivity index (χ0) is 14.3. The highest BCUT2D eigenvalue weighted by Gasteiger charge is 2.11. The van der Waals surface area contributed by atoms with Crippen LogP contribution in [0.25, 0.3) is 0 Å². The second-order valence-corrected chi connectivity index (χ2v) is 4.11. The first-order valence-electron chi connectivity index (χ1n) is 6.24. The summed E-state index contributed by atoms with van der Waals surface area (Å²) in [5, 5.41) is 8.80. The maximum Gasteiger partial charge on any atom is 0.335 e. The first kappa shape index (κ1) is 15.2. The van der Waals surface area contributed by atoms with Crippen LogP contribution in [-0.2, 0) is 9.53 Å². The van der Waals surface area contributed by atoms with Gasteiger partial charge in [-0.25, -0.2) is 4.79 Å². The molecule has 0 unspecified atom stereocenters. The third-order valence-electron chi connectivity index (χ3n) is 2.76. The average Bonchev–Trinajstić information content (AvgIpc) is 2.42. The van der Waals surface area contributed by atoms with Crippen LogP contribution in [0.4, 0.5) is 5.69 Å². The highest BCUT2D eigenvalue weighted by Crippen LogP contribution is 2.15. The van der Waals surface area contributed by atoms with E-state index in [1.807, 2.05) is 6.92 Å². The second-order valence-electron chi connectivity index (χ2n) is 4.11. The van der Waals surface area contributed by atoms with E-state index in [1.54, 1.807) is 19.2 Å². The van der Waals surface area contributed by atoms with E-state index < -0.39 is 5.97 Å². The molecule has 0 fully saturated rings. The van der Waals surface area contributed by atoms with Gasteiger partial charge in [0.1, 0.15) is 0 Å². The summed E-state index contributed by atoms with van der Waals surface area (Å²) < 4.78 is 5.18. The number of carboxylic acids is 1. The van der Waals surface area contributed by atoms with Gasteiger partial charge in [-0.1, -0.05) is 0 Å². The Morgan fingerprint density at radius 3 is 2.42 bits per heavy atom. The molecule has 0 saturated carbocycles. The van der Waals surface area contributed by atoms with Crippen molar-refractivity contribution in [3.05, 3.63) is 29.8 Å². The SMILES string of the molecule is CCOCCCC(=O)N(C)c1ccc(C(=O)O)cc1. The summed E-state index contributed by atoms with van der Waals surface area (Å²) in [6, 6.07) is 6.23. The van der Waals surface area contributed by atoms with Gasteiger partial charge in [0.15, 0.2) is 0 Å². The van der Waals surface area contributed by atoms with Crippen molar-refractivity contribution in [1.29, 1.82) is 0 Å². The minimum absolute atomic E-state index is 0.0113. The molecular weight excluding hydrogens is 246 g/mol. The lowest BCUT2D eigenvalue weighted by atomic mass is 10.2. The Hall–Kier alpha value is -1.88. The lowest BCUT2D eigenvalue weighted by Gasteiger charge is -2.17. The zero-order valence-corrected chi connectivity index (χ0v) is 11.3. The van der Waals surface area contributed by atoms with Crippen LogP contribution in [0.15, 0.2) is 24.3 Å². The summed E-state index contributed by atoms with van der Waals surface area (Å²) in [6.45, 7) is 3.15. The smallest absolute Gasteiger partial charge is 0.335 e. The fourth-order valence-corrected chi connectivity index (χ4v) is 1.61. The molecule has 5 heteroatoms. The van der Waals surface area contributed by atoms with Crippen LogP contribution >= 0.6 is 0 Å². The van der Waals surface area contributed by atoms with Crippen LogP contribution in [0, 0.1) is 0 Å². The highest BCUT2D eigenvalue weighted by atomic mass is 16.5. The number of carbonyl (C=O) groups excluding carboxylic acids is 1. The Labute approximate surface area is 112 Å². The van der Waals surface area contributed by atoms with Gasteiger partial charge in [0.05, 0.1) is 5.56 Å². The molecule has 5 nitrogen and oxygen atoms in total. The summed E-state index contributed by atoms with van der Waals surface area (Å²) in [4.78, 5) is 24.1. The molecule has 0 aliphatic rings. The quantitative estimate of drug-likeness (QED) is 0.767. The maximum atomic E-state index is 11.9. The number of carboxylic acid groups (broad SMARTS) is 1. The zero-order valence-electron chi connectivity index (χ0n) is 11.3. The summed E-state index contributed by atoms with van der Waals surface area (Å²) in [5.74, 6) is -0.986. The number of carbonyl (C=O) groups is 2. The van der Waals surface area contributed by atoms with Crippen molar-refractivity contribution in [3.63, 3.8) is 0 Å². The Kier molecular flexibility index (Phi) is 6.02. The molecule has 104 valence electrons. The Morgan fingerprint density at radius 2 is 1.89 bits per heavy atom. The molecule has 1 aromatic rings. The maximum absolute atomic E-state index is 11.9. The van der Waals surface area contributed by atoms with Gasteiger partial charge in [0.25, 0.3) is 0 Å². The topological polar surface area (TPSA) is 66.8 Å². The number of hydrogen-bond donors (Lipinski definition) is 1. The number of benzene rings is 1. The van der Waals surface area contributed by atoms with Crippen molar-refractivity contribution in [3.8, 4) is 0 Å². The van der Waals surface area contributed by atoms with E-state index in [4.69, 9.17) is 9.84 Å². The largest absolute Gasteiger partial charge is 0.478 e. The van der Waals surface area contributed by atoms with Crippen LogP contribution in [0.3, 0.4) is 0 Å². The number of aromatic carboxylic acids is 1. The molecule has 0 aromatic heterocycles. The molecule has 0 saturated heterocycles. The normalized spacial score (nSPS) is 10.2. The van der Waals surface area contributed by atoms with Gasteiger partial charge in [-0.15, -0.1) is 0 Å². The molecule has 0 bridgehead atoms. The first-order chi connectivity index (χ1) is 9.06. The Bertz CT molecular complexity index is 428. The fourth-order valence-electron chi connectivity index (χ4n) is 1.61. The van der Waals surface area contributed by atoms with E-state index >= 15 is 0 Å². The number of rotatable bonds is 7. The van der Waals surface area contributed by atoms with E-state index in [1.165, 1.54) is 17.0 Å². The molecule has 1 aromatic carbocycles. The van der Waals surface area contributed by atoms with Crippen LogP contribution in [0.1, 0.15) is 30.1 Å². The van der Waals surface area contributed by atoms with E-state index in [0.29, 0.717) is 31.7 Å². The summed E-state index contributed by atoms with van der Waals surface area (Å²) >= 11 is 0. The van der Waals surface area contributed by atoms with E-state index in [0.717, 1.165) is 0 Å². The van der Waals surface area contributed by atoms with Gasteiger partial charge in [0.2, 0.25) is 5.91 Å². The standard InChI is InChI=1S/C14H19NO4/c1-3-19-10-4-5-13(16)15(2)12-8-6-11(7-9-12)14(17)18/h6-9H,3-5,10H2,1-2H3,(H,17,18). The van der Waals surface area contributed by atoms with E-state index in [2.05, 4.69) is 0 Å². The Balaban J connectivity index is 2.54. The molecule has 0 heterocycles. The summed E-state index contributed by atoms with van der Waals surface area (Å²) in [7, 11) is 1.68. The van der Waals surface area contributed by atoms with E-state index in [-0.39, 0.29) is 11.5 Å². The number of ether oxygens (including phenoxy) is 1. The van der Waals surface area contributed by atoms with Crippen LogP contribution in [0.2, 0.25) is 0 Å². The van der Waals surface area contributed by atoms with Crippen LogP contribution in [-0.4, -0.2) is 37.2 Å². The van der Waals surface area contributed by atoms with Crippen molar-refractivity contribution < 1.29 is 19.4 Å². The molecule has 1 amide bonds. The molecule has 0 spiro atoms. The van der Waals surface area contributed by atoms with Crippen molar-refractivity contribution in [2.24, 2.45) is 0 Å². The summed E-state index contributed by atoms with van der Waals surface area (Å²) in [5.41, 5.74) is 0.896. The molecule has 0 atom stereocenters. The minimum atomic E-state index is -0.975. The highest BCUT2D eigenvalue weighted by molar-refractivity contribution is 5.94. The van der Waals surface area contributed by atoms with Gasteiger partial charge >= 0.3 is 5.97 Å². The lowest BCUT2D eigenvalue weighted by Crippen LogP contribution is -2.26. The summed E-state index contributed by atoms with van der Waals surface area (Å²) in [6.07, 6.45) is 1.10. The van der Waals surface area contributed by atoms with Gasteiger partial charge in [0, 0.05) is 32.4 Å². The van der Waals surface area contributed by atoms with Gasteiger partial charge in [-0.05, 0) is 37.6 Å². The van der Waals surface area contributed by atoms with Crippen LogP contribution in [0.5, 0.6) is 0 Å². The lowest BCUT2D eigenvalue weighted by molar-refractivity contribution is -0.118. The van der Waals surface area contributed by atoms with Crippen molar-refractivity contribution in [1.82, 2.24) is 0 Å². The minimum Gasteiger partial charge on any atom is -0.478 e. The molecular formula is C14H19NO4. The van der Waals surface area contributed by atoms with Gasteiger partial charge in [-0.2, -0.15) is 0 Å². The molecule has 0 radical (unpaired) electrons. The van der Waals surface area contributed by atoms with Crippen molar-refractivity contribution in [2.45, 2.75) is 19.8 Å². The number of anilines is 1. The second kappa shape index (κ2) is 7.53.